The van der Waals surface area contributed by atoms with Crippen molar-refractivity contribution in [1.82, 2.24) is 5.32 Å². The second kappa shape index (κ2) is 6.00. The van der Waals surface area contributed by atoms with E-state index in [4.69, 9.17) is 0 Å². The lowest BCUT2D eigenvalue weighted by Gasteiger charge is -2.14. The van der Waals surface area contributed by atoms with Crippen molar-refractivity contribution >= 4 is 15.7 Å². The lowest BCUT2D eigenvalue weighted by molar-refractivity contribution is -0.122. The monoisotopic (exact) mass is 269 g/mol. The summed E-state index contributed by atoms with van der Waals surface area (Å²) in [6.45, 7) is 3.54. The molecule has 0 radical (unpaired) electrons. The first kappa shape index (κ1) is 14.7. The SMILES string of the molecule is CCC(C(=O)NC)c1ccc(S(=O)(=O)CC)cc1. The van der Waals surface area contributed by atoms with Gasteiger partial charge in [-0.1, -0.05) is 26.0 Å². The van der Waals surface area contributed by atoms with Crippen molar-refractivity contribution in [3.63, 3.8) is 0 Å². The van der Waals surface area contributed by atoms with Gasteiger partial charge in [-0.3, -0.25) is 4.79 Å². The van der Waals surface area contributed by atoms with Crippen LogP contribution in [0.2, 0.25) is 0 Å². The van der Waals surface area contributed by atoms with Gasteiger partial charge in [0.15, 0.2) is 9.84 Å². The van der Waals surface area contributed by atoms with Crippen molar-refractivity contribution in [1.29, 1.82) is 0 Å². The molecule has 0 fully saturated rings. The number of rotatable bonds is 5. The number of hydrogen-bond acceptors (Lipinski definition) is 3. The highest BCUT2D eigenvalue weighted by Gasteiger charge is 2.18. The van der Waals surface area contributed by atoms with Crippen LogP contribution in [0.15, 0.2) is 29.2 Å². The highest BCUT2D eigenvalue weighted by Crippen LogP contribution is 2.21. The molecule has 1 amide bonds. The van der Waals surface area contributed by atoms with Gasteiger partial charge in [-0.2, -0.15) is 0 Å². The van der Waals surface area contributed by atoms with E-state index in [1.165, 1.54) is 0 Å². The molecule has 0 saturated heterocycles. The fraction of sp³-hybridized carbons (Fsp3) is 0.462. The zero-order valence-corrected chi connectivity index (χ0v) is 11.8. The first-order valence-electron chi connectivity index (χ1n) is 6.00. The second-order valence-electron chi connectivity index (χ2n) is 4.05. The van der Waals surface area contributed by atoms with E-state index in [1.807, 2.05) is 6.92 Å². The number of likely N-dealkylation sites (N-methyl/N-ethyl adjacent to an activating group) is 1. The van der Waals surface area contributed by atoms with Gasteiger partial charge in [0.25, 0.3) is 0 Å². The van der Waals surface area contributed by atoms with E-state index in [-0.39, 0.29) is 17.6 Å². The molecule has 1 unspecified atom stereocenters. The average molecular weight is 269 g/mol. The molecule has 5 heteroatoms. The number of nitrogens with one attached hydrogen (secondary N) is 1. The topological polar surface area (TPSA) is 63.2 Å². The van der Waals surface area contributed by atoms with Crippen LogP contribution in [-0.4, -0.2) is 27.1 Å². The third-order valence-electron chi connectivity index (χ3n) is 2.99. The molecule has 0 aliphatic rings. The number of carbonyl (C=O) groups excluding carboxylic acids is 1. The third-order valence-corrected chi connectivity index (χ3v) is 4.74. The fourth-order valence-electron chi connectivity index (χ4n) is 1.82. The van der Waals surface area contributed by atoms with E-state index in [0.717, 1.165) is 5.56 Å². The predicted molar refractivity (Wildman–Crippen MR) is 71.3 cm³/mol. The number of benzene rings is 1. The van der Waals surface area contributed by atoms with Crippen molar-refractivity contribution in [3.8, 4) is 0 Å². The highest BCUT2D eigenvalue weighted by molar-refractivity contribution is 7.91. The van der Waals surface area contributed by atoms with Crippen molar-refractivity contribution in [3.05, 3.63) is 29.8 Å². The number of sulfone groups is 1. The molecule has 0 aromatic heterocycles. The molecule has 0 saturated carbocycles. The van der Waals surface area contributed by atoms with E-state index in [2.05, 4.69) is 5.32 Å². The molecule has 0 spiro atoms. The summed E-state index contributed by atoms with van der Waals surface area (Å²) in [7, 11) is -1.58. The van der Waals surface area contributed by atoms with Gasteiger partial charge in [0, 0.05) is 7.05 Å². The molecule has 0 aliphatic carbocycles. The van der Waals surface area contributed by atoms with Crippen LogP contribution in [0.4, 0.5) is 0 Å². The first-order valence-corrected chi connectivity index (χ1v) is 7.65. The zero-order valence-electron chi connectivity index (χ0n) is 10.9. The molecule has 0 bridgehead atoms. The maximum Gasteiger partial charge on any atom is 0.227 e. The van der Waals surface area contributed by atoms with Crippen LogP contribution >= 0.6 is 0 Å². The quantitative estimate of drug-likeness (QED) is 0.885. The van der Waals surface area contributed by atoms with Crippen LogP contribution < -0.4 is 5.32 Å². The summed E-state index contributed by atoms with van der Waals surface area (Å²) in [6, 6.07) is 6.57. The Morgan fingerprint density at radius 3 is 2.17 bits per heavy atom. The molecule has 1 aromatic rings. The molecule has 1 atom stereocenters. The maximum absolute atomic E-state index is 11.7. The molecule has 100 valence electrons. The highest BCUT2D eigenvalue weighted by atomic mass is 32.2. The second-order valence-corrected chi connectivity index (χ2v) is 6.33. The summed E-state index contributed by atoms with van der Waals surface area (Å²) in [5, 5.41) is 2.61. The maximum atomic E-state index is 11.7. The Labute approximate surface area is 108 Å². The molecule has 1 aromatic carbocycles. The minimum Gasteiger partial charge on any atom is -0.359 e. The van der Waals surface area contributed by atoms with Crippen LogP contribution in [0.1, 0.15) is 31.7 Å². The number of carbonyl (C=O) groups is 1. The largest absolute Gasteiger partial charge is 0.359 e. The molecule has 0 aliphatic heterocycles. The normalized spacial score (nSPS) is 13.1. The number of amides is 1. The van der Waals surface area contributed by atoms with E-state index in [0.29, 0.717) is 11.3 Å². The van der Waals surface area contributed by atoms with E-state index in [9.17, 15) is 13.2 Å². The Morgan fingerprint density at radius 2 is 1.78 bits per heavy atom. The molecular formula is C13H19NO3S. The molecule has 4 nitrogen and oxygen atoms in total. The fourth-order valence-corrected chi connectivity index (χ4v) is 2.70. The molecule has 18 heavy (non-hydrogen) atoms. The van der Waals surface area contributed by atoms with Crippen molar-refractivity contribution in [2.75, 3.05) is 12.8 Å². The smallest absolute Gasteiger partial charge is 0.227 e. The van der Waals surface area contributed by atoms with Crippen molar-refractivity contribution in [2.24, 2.45) is 0 Å². The number of hydrogen-bond donors (Lipinski definition) is 1. The van der Waals surface area contributed by atoms with Gasteiger partial charge in [-0.15, -0.1) is 0 Å². The van der Waals surface area contributed by atoms with Crippen LogP contribution in [0, 0.1) is 0 Å². The minimum atomic E-state index is -3.17. The standard InChI is InChI=1S/C13H19NO3S/c1-4-12(13(15)14-3)10-6-8-11(9-7-10)18(16,17)5-2/h6-9,12H,4-5H2,1-3H3,(H,14,15). The summed E-state index contributed by atoms with van der Waals surface area (Å²) in [5.74, 6) is -0.198. The lowest BCUT2D eigenvalue weighted by Crippen LogP contribution is -2.25. The average Bonchev–Trinajstić information content (AvgIpc) is 2.40. The lowest BCUT2D eigenvalue weighted by atomic mass is 9.96. The molecule has 0 heterocycles. The summed E-state index contributed by atoms with van der Waals surface area (Å²) in [6.07, 6.45) is 0.680. The Morgan fingerprint density at radius 1 is 1.22 bits per heavy atom. The van der Waals surface area contributed by atoms with Crippen molar-refractivity contribution < 1.29 is 13.2 Å². The summed E-state index contributed by atoms with van der Waals surface area (Å²) in [4.78, 5) is 12.0. The van der Waals surface area contributed by atoms with Gasteiger partial charge < -0.3 is 5.32 Å². The van der Waals surface area contributed by atoms with Crippen LogP contribution in [0.3, 0.4) is 0 Å². The van der Waals surface area contributed by atoms with Gasteiger partial charge in [-0.25, -0.2) is 8.42 Å². The van der Waals surface area contributed by atoms with Gasteiger partial charge in [0.05, 0.1) is 16.6 Å². The Balaban J connectivity index is 3.05. The summed E-state index contributed by atoms with van der Waals surface area (Å²) in [5.41, 5.74) is 0.840. The zero-order chi connectivity index (χ0) is 13.8. The van der Waals surface area contributed by atoms with Gasteiger partial charge in [-0.05, 0) is 24.1 Å². The minimum absolute atomic E-state index is 0.0522. The van der Waals surface area contributed by atoms with Crippen molar-refractivity contribution in [2.45, 2.75) is 31.1 Å². The van der Waals surface area contributed by atoms with E-state index < -0.39 is 9.84 Å². The predicted octanol–water partition coefficient (Wildman–Crippen LogP) is 1.72. The van der Waals surface area contributed by atoms with Gasteiger partial charge in [0.2, 0.25) is 5.91 Å². The van der Waals surface area contributed by atoms with Crippen LogP contribution in [0.5, 0.6) is 0 Å². The molecular weight excluding hydrogens is 250 g/mol. The Bertz CT molecular complexity index is 506. The van der Waals surface area contributed by atoms with Crippen LogP contribution in [0.25, 0.3) is 0 Å². The summed E-state index contributed by atoms with van der Waals surface area (Å²) < 4.78 is 23.3. The van der Waals surface area contributed by atoms with Gasteiger partial charge >= 0.3 is 0 Å². The van der Waals surface area contributed by atoms with E-state index in [1.54, 1.807) is 38.2 Å². The Kier molecular flexibility index (Phi) is 4.90. The summed E-state index contributed by atoms with van der Waals surface area (Å²) >= 11 is 0. The van der Waals surface area contributed by atoms with Gasteiger partial charge in [0.1, 0.15) is 0 Å². The first-order chi connectivity index (χ1) is 8.46. The molecule has 1 rings (SSSR count). The third kappa shape index (κ3) is 3.10. The van der Waals surface area contributed by atoms with E-state index >= 15 is 0 Å². The molecule has 1 N–H and O–H groups in total. The van der Waals surface area contributed by atoms with Crippen LogP contribution in [-0.2, 0) is 14.6 Å². The Hall–Kier alpha value is -1.36.